The number of hydrogen-bond acceptors (Lipinski definition) is 3. The van der Waals surface area contributed by atoms with Gasteiger partial charge in [0.2, 0.25) is 5.91 Å². The number of amides is 2. The second kappa shape index (κ2) is 6.41. The van der Waals surface area contributed by atoms with Crippen LogP contribution >= 0.6 is 0 Å². The van der Waals surface area contributed by atoms with Crippen LogP contribution in [0, 0.1) is 12.3 Å². The van der Waals surface area contributed by atoms with E-state index in [0.29, 0.717) is 5.75 Å². The fourth-order valence-corrected chi connectivity index (χ4v) is 1.49. The van der Waals surface area contributed by atoms with Gasteiger partial charge in [-0.15, -0.1) is 0 Å². The molecule has 5 heteroatoms. The summed E-state index contributed by atoms with van der Waals surface area (Å²) in [4.78, 5) is 23.1. The first kappa shape index (κ1) is 16.0. The molecule has 2 amide bonds. The van der Waals surface area contributed by atoms with E-state index in [0.717, 1.165) is 5.56 Å². The van der Waals surface area contributed by atoms with Crippen LogP contribution in [0.5, 0.6) is 5.75 Å². The lowest BCUT2D eigenvalue weighted by molar-refractivity contribution is -0.129. The van der Waals surface area contributed by atoms with E-state index in [1.54, 1.807) is 26.8 Å². The van der Waals surface area contributed by atoms with E-state index < -0.39 is 17.4 Å². The van der Waals surface area contributed by atoms with Gasteiger partial charge in [0, 0.05) is 6.54 Å². The molecule has 1 rings (SSSR count). The normalized spacial score (nSPS) is 12.6. The van der Waals surface area contributed by atoms with Crippen LogP contribution in [0.15, 0.2) is 24.3 Å². The van der Waals surface area contributed by atoms with Crippen molar-refractivity contribution in [3.8, 4) is 5.75 Å². The van der Waals surface area contributed by atoms with Crippen molar-refractivity contribution >= 4 is 11.8 Å². The van der Waals surface area contributed by atoms with Crippen LogP contribution in [0.2, 0.25) is 0 Å². The quantitative estimate of drug-likeness (QED) is 0.825. The molecule has 0 aliphatic heterocycles. The highest BCUT2D eigenvalue weighted by atomic mass is 16.5. The third-order valence-corrected chi connectivity index (χ3v) is 3.04. The predicted octanol–water partition coefficient (Wildman–Crippen LogP) is 1.39. The maximum atomic E-state index is 11.9. The molecule has 5 nitrogen and oxygen atoms in total. The van der Waals surface area contributed by atoms with Crippen LogP contribution in [0.4, 0.5) is 0 Å². The van der Waals surface area contributed by atoms with E-state index in [1.807, 2.05) is 25.1 Å². The summed E-state index contributed by atoms with van der Waals surface area (Å²) in [6.07, 6.45) is -0.638. The highest BCUT2D eigenvalue weighted by Gasteiger charge is 2.26. The monoisotopic (exact) mass is 278 g/mol. The van der Waals surface area contributed by atoms with Gasteiger partial charge in [-0.3, -0.25) is 9.59 Å². The van der Waals surface area contributed by atoms with Gasteiger partial charge in [0.1, 0.15) is 5.75 Å². The van der Waals surface area contributed by atoms with Crippen LogP contribution in [-0.2, 0) is 9.59 Å². The zero-order valence-corrected chi connectivity index (χ0v) is 12.4. The van der Waals surface area contributed by atoms with Gasteiger partial charge in [0.15, 0.2) is 6.10 Å². The Balaban J connectivity index is 2.54. The van der Waals surface area contributed by atoms with Gasteiger partial charge >= 0.3 is 0 Å². The van der Waals surface area contributed by atoms with Crippen molar-refractivity contribution in [2.45, 2.75) is 33.8 Å². The summed E-state index contributed by atoms with van der Waals surface area (Å²) in [6.45, 7) is 7.16. The first-order valence-corrected chi connectivity index (χ1v) is 6.53. The summed E-state index contributed by atoms with van der Waals surface area (Å²) >= 11 is 0. The molecular formula is C15H22N2O3. The van der Waals surface area contributed by atoms with E-state index in [-0.39, 0.29) is 12.5 Å². The molecule has 0 radical (unpaired) electrons. The van der Waals surface area contributed by atoms with Gasteiger partial charge in [-0.05, 0) is 45.4 Å². The number of carbonyl (C=O) groups is 2. The van der Waals surface area contributed by atoms with Crippen molar-refractivity contribution in [3.63, 3.8) is 0 Å². The van der Waals surface area contributed by atoms with E-state index in [1.165, 1.54) is 0 Å². The third kappa shape index (κ3) is 4.57. The van der Waals surface area contributed by atoms with Gasteiger partial charge in [0.05, 0.1) is 5.41 Å². The van der Waals surface area contributed by atoms with Crippen molar-refractivity contribution in [1.29, 1.82) is 0 Å². The minimum absolute atomic E-state index is 0.183. The van der Waals surface area contributed by atoms with Crippen LogP contribution in [0.25, 0.3) is 0 Å². The Labute approximate surface area is 119 Å². The lowest BCUT2D eigenvalue weighted by atomic mass is 9.93. The topological polar surface area (TPSA) is 81.4 Å². The van der Waals surface area contributed by atoms with Crippen LogP contribution in [-0.4, -0.2) is 24.5 Å². The van der Waals surface area contributed by atoms with Crippen LogP contribution < -0.4 is 15.8 Å². The summed E-state index contributed by atoms with van der Waals surface area (Å²) in [5.41, 5.74) is 5.53. The number of hydrogen-bond donors (Lipinski definition) is 2. The molecule has 3 N–H and O–H groups in total. The van der Waals surface area contributed by atoms with Crippen LogP contribution in [0.3, 0.4) is 0 Å². The molecule has 1 unspecified atom stereocenters. The van der Waals surface area contributed by atoms with Crippen LogP contribution in [0.1, 0.15) is 26.3 Å². The molecular weight excluding hydrogens is 256 g/mol. The highest BCUT2D eigenvalue weighted by molar-refractivity contribution is 5.83. The van der Waals surface area contributed by atoms with Gasteiger partial charge in [0.25, 0.3) is 5.91 Å². The lowest BCUT2D eigenvalue weighted by Crippen LogP contribution is -2.45. The maximum absolute atomic E-state index is 11.9. The first-order valence-electron chi connectivity index (χ1n) is 6.53. The summed E-state index contributed by atoms with van der Waals surface area (Å²) in [7, 11) is 0. The standard InChI is InChI=1S/C15H22N2O3/c1-10-6-5-7-12(8-10)20-11(2)13(18)17-9-15(3,4)14(16)19/h5-8,11H,9H2,1-4H3,(H2,16,19)(H,17,18). The number of ether oxygens (including phenoxy) is 1. The Morgan fingerprint density at radius 1 is 1.40 bits per heavy atom. The Morgan fingerprint density at radius 2 is 2.05 bits per heavy atom. The number of primary amides is 1. The molecule has 1 atom stereocenters. The fraction of sp³-hybridized carbons (Fsp3) is 0.467. The minimum atomic E-state index is -0.779. The molecule has 110 valence electrons. The zero-order chi connectivity index (χ0) is 15.3. The molecule has 20 heavy (non-hydrogen) atoms. The smallest absolute Gasteiger partial charge is 0.260 e. The van der Waals surface area contributed by atoms with E-state index in [4.69, 9.17) is 10.5 Å². The molecule has 0 aliphatic carbocycles. The Bertz CT molecular complexity index is 498. The Hall–Kier alpha value is -2.04. The first-order chi connectivity index (χ1) is 9.22. The zero-order valence-electron chi connectivity index (χ0n) is 12.4. The molecule has 0 aliphatic rings. The fourth-order valence-electron chi connectivity index (χ4n) is 1.49. The minimum Gasteiger partial charge on any atom is -0.481 e. The van der Waals surface area contributed by atoms with Gasteiger partial charge < -0.3 is 15.8 Å². The SMILES string of the molecule is Cc1cccc(OC(C)C(=O)NCC(C)(C)C(N)=O)c1. The van der Waals surface area contributed by atoms with Gasteiger partial charge in [-0.1, -0.05) is 12.1 Å². The van der Waals surface area contributed by atoms with E-state index in [2.05, 4.69) is 5.32 Å². The molecule has 1 aromatic rings. The van der Waals surface area contributed by atoms with Crippen molar-refractivity contribution < 1.29 is 14.3 Å². The van der Waals surface area contributed by atoms with E-state index in [9.17, 15) is 9.59 Å². The van der Waals surface area contributed by atoms with Crippen molar-refractivity contribution in [1.82, 2.24) is 5.32 Å². The number of carbonyl (C=O) groups excluding carboxylic acids is 2. The summed E-state index contributed by atoms with van der Waals surface area (Å²) < 4.78 is 5.55. The predicted molar refractivity (Wildman–Crippen MR) is 77.3 cm³/mol. The number of nitrogens with one attached hydrogen (secondary N) is 1. The molecule has 0 saturated carbocycles. The summed E-state index contributed by atoms with van der Waals surface area (Å²) in [5.74, 6) is -0.0901. The van der Waals surface area contributed by atoms with Crippen molar-refractivity contribution in [3.05, 3.63) is 29.8 Å². The molecule has 0 heterocycles. The highest BCUT2D eigenvalue weighted by Crippen LogP contribution is 2.15. The summed E-state index contributed by atoms with van der Waals surface area (Å²) in [5, 5.41) is 2.67. The molecule has 1 aromatic carbocycles. The number of rotatable bonds is 6. The molecule has 0 fully saturated rings. The maximum Gasteiger partial charge on any atom is 0.260 e. The molecule has 0 saturated heterocycles. The lowest BCUT2D eigenvalue weighted by Gasteiger charge is -2.22. The third-order valence-electron chi connectivity index (χ3n) is 3.04. The average Bonchev–Trinajstić information content (AvgIpc) is 2.35. The van der Waals surface area contributed by atoms with Crippen molar-refractivity contribution in [2.75, 3.05) is 6.54 Å². The second-order valence-electron chi connectivity index (χ2n) is 5.54. The largest absolute Gasteiger partial charge is 0.481 e. The molecule has 0 aromatic heterocycles. The number of benzene rings is 1. The average molecular weight is 278 g/mol. The second-order valence-corrected chi connectivity index (χ2v) is 5.54. The van der Waals surface area contributed by atoms with Gasteiger partial charge in [-0.25, -0.2) is 0 Å². The van der Waals surface area contributed by atoms with E-state index >= 15 is 0 Å². The van der Waals surface area contributed by atoms with Crippen molar-refractivity contribution in [2.24, 2.45) is 11.1 Å². The molecule has 0 spiro atoms. The Kier molecular flexibility index (Phi) is 5.13. The van der Waals surface area contributed by atoms with Gasteiger partial charge in [-0.2, -0.15) is 0 Å². The Morgan fingerprint density at radius 3 is 2.60 bits per heavy atom. The molecule has 0 bridgehead atoms. The summed E-state index contributed by atoms with van der Waals surface area (Å²) in [6, 6.07) is 7.47. The number of nitrogens with two attached hydrogens (primary N) is 1. The number of aryl methyl sites for hydroxylation is 1.